The van der Waals surface area contributed by atoms with E-state index in [2.05, 4.69) is 32.6 Å². The van der Waals surface area contributed by atoms with Gasteiger partial charge in [-0.15, -0.1) is 0 Å². The smallest absolute Gasteiger partial charge is 0.323 e. The Balaban J connectivity index is 2.92. The van der Waals surface area contributed by atoms with E-state index in [9.17, 15) is 9.90 Å². The molecule has 0 aromatic heterocycles. The summed E-state index contributed by atoms with van der Waals surface area (Å²) in [4.78, 5) is 14.0. The van der Waals surface area contributed by atoms with Crippen molar-refractivity contribution in [2.24, 2.45) is 11.8 Å². The Bertz CT molecular complexity index is 291. The van der Waals surface area contributed by atoms with Crippen LogP contribution < -0.4 is 0 Å². The highest BCUT2D eigenvalue weighted by molar-refractivity contribution is 5.78. The Morgan fingerprint density at radius 1 is 1.16 bits per heavy atom. The van der Waals surface area contributed by atoms with E-state index in [0.717, 1.165) is 38.6 Å². The Labute approximate surface area is 118 Å². The summed E-state index contributed by atoms with van der Waals surface area (Å²) in [5.74, 6) is 0.581. The van der Waals surface area contributed by atoms with Crippen LogP contribution in [0.4, 0.5) is 0 Å². The van der Waals surface area contributed by atoms with Gasteiger partial charge in [0, 0.05) is 6.04 Å². The molecule has 0 aromatic carbocycles. The van der Waals surface area contributed by atoms with E-state index in [1.54, 1.807) is 0 Å². The molecule has 1 rings (SSSR count). The maximum absolute atomic E-state index is 11.7. The molecular weight excluding hydrogens is 238 g/mol. The number of carboxylic acids is 1. The first-order valence-electron chi connectivity index (χ1n) is 7.77. The van der Waals surface area contributed by atoms with E-state index in [0.29, 0.717) is 17.9 Å². The summed E-state index contributed by atoms with van der Waals surface area (Å²) in [6, 6.07) is 0.404. The number of hydrogen-bond acceptors (Lipinski definition) is 2. The molecular formula is C16H31NO2. The lowest BCUT2D eigenvalue weighted by Gasteiger charge is -2.47. The Hall–Kier alpha value is -0.570. The van der Waals surface area contributed by atoms with Crippen molar-refractivity contribution in [3.05, 3.63) is 0 Å². The molecule has 0 amide bonds. The second-order valence-electron chi connectivity index (χ2n) is 7.14. The van der Waals surface area contributed by atoms with Crippen LogP contribution >= 0.6 is 0 Å². The number of likely N-dealkylation sites (tertiary alicyclic amines) is 1. The van der Waals surface area contributed by atoms with Gasteiger partial charge in [0.05, 0.1) is 0 Å². The average molecular weight is 269 g/mol. The summed E-state index contributed by atoms with van der Waals surface area (Å²) in [7, 11) is 0. The molecule has 3 heteroatoms. The summed E-state index contributed by atoms with van der Waals surface area (Å²) in [6.45, 7) is 11.8. The van der Waals surface area contributed by atoms with Crippen LogP contribution in [0.2, 0.25) is 0 Å². The van der Waals surface area contributed by atoms with Crippen LogP contribution in [0.15, 0.2) is 0 Å². The van der Waals surface area contributed by atoms with Gasteiger partial charge in [-0.05, 0) is 57.4 Å². The van der Waals surface area contributed by atoms with E-state index in [-0.39, 0.29) is 0 Å². The number of hydrogen-bond donors (Lipinski definition) is 1. The fraction of sp³-hybridized carbons (Fsp3) is 0.938. The van der Waals surface area contributed by atoms with Gasteiger partial charge in [0.2, 0.25) is 0 Å². The minimum absolute atomic E-state index is 0.404. The zero-order valence-electron chi connectivity index (χ0n) is 13.3. The van der Waals surface area contributed by atoms with Crippen LogP contribution in [0.1, 0.15) is 66.7 Å². The lowest BCUT2D eigenvalue weighted by atomic mass is 9.83. The summed E-state index contributed by atoms with van der Waals surface area (Å²) in [6.07, 6.45) is 5.15. The highest BCUT2D eigenvalue weighted by Gasteiger charge is 2.44. The topological polar surface area (TPSA) is 40.5 Å². The van der Waals surface area contributed by atoms with Crippen LogP contribution in [-0.2, 0) is 4.79 Å². The van der Waals surface area contributed by atoms with Crippen LogP contribution in [0.25, 0.3) is 0 Å². The molecule has 1 saturated heterocycles. The first-order chi connectivity index (χ1) is 8.77. The minimum Gasteiger partial charge on any atom is -0.480 e. The predicted molar refractivity (Wildman–Crippen MR) is 79.3 cm³/mol. The van der Waals surface area contributed by atoms with Crippen molar-refractivity contribution in [2.75, 3.05) is 6.54 Å². The fourth-order valence-electron chi connectivity index (χ4n) is 3.40. The quantitative estimate of drug-likeness (QED) is 0.798. The van der Waals surface area contributed by atoms with Gasteiger partial charge in [0.1, 0.15) is 5.54 Å². The van der Waals surface area contributed by atoms with Crippen LogP contribution in [-0.4, -0.2) is 34.1 Å². The summed E-state index contributed by atoms with van der Waals surface area (Å²) in [5.41, 5.74) is -0.660. The molecule has 3 nitrogen and oxygen atoms in total. The molecule has 0 aromatic rings. The molecule has 0 saturated carbocycles. The van der Waals surface area contributed by atoms with Crippen LogP contribution in [0, 0.1) is 11.8 Å². The molecule has 1 aliphatic heterocycles. The summed E-state index contributed by atoms with van der Waals surface area (Å²) >= 11 is 0. The average Bonchev–Trinajstić information content (AvgIpc) is 2.27. The normalized spacial score (nSPS) is 25.5. The van der Waals surface area contributed by atoms with Crippen molar-refractivity contribution in [3.8, 4) is 0 Å². The number of carbonyl (C=O) groups is 1. The van der Waals surface area contributed by atoms with E-state index in [1.165, 1.54) is 0 Å². The third-order valence-corrected chi connectivity index (χ3v) is 4.33. The first kappa shape index (κ1) is 16.5. The van der Waals surface area contributed by atoms with Gasteiger partial charge in [-0.3, -0.25) is 9.69 Å². The van der Waals surface area contributed by atoms with E-state index < -0.39 is 11.5 Å². The van der Waals surface area contributed by atoms with Crippen LogP contribution in [0.5, 0.6) is 0 Å². The monoisotopic (exact) mass is 269 g/mol. The Morgan fingerprint density at radius 2 is 1.68 bits per heavy atom. The zero-order valence-corrected chi connectivity index (χ0v) is 13.3. The summed E-state index contributed by atoms with van der Waals surface area (Å²) in [5, 5.41) is 9.64. The van der Waals surface area contributed by atoms with Crippen molar-refractivity contribution >= 4 is 5.97 Å². The summed E-state index contributed by atoms with van der Waals surface area (Å²) < 4.78 is 0. The van der Waals surface area contributed by atoms with Gasteiger partial charge in [-0.1, -0.05) is 27.7 Å². The third kappa shape index (κ3) is 4.20. The SMILES string of the molecule is CC(C)CC(CC(C)C)N1CCCCC1(C)C(=O)O. The van der Waals surface area contributed by atoms with Gasteiger partial charge < -0.3 is 5.11 Å². The molecule has 19 heavy (non-hydrogen) atoms. The second kappa shape index (κ2) is 6.74. The number of nitrogens with zero attached hydrogens (tertiary/aromatic N) is 1. The molecule has 112 valence electrons. The molecule has 1 aliphatic rings. The maximum Gasteiger partial charge on any atom is 0.323 e. The van der Waals surface area contributed by atoms with Gasteiger partial charge in [-0.25, -0.2) is 0 Å². The molecule has 0 bridgehead atoms. The molecule has 1 fully saturated rings. The lowest BCUT2D eigenvalue weighted by molar-refractivity contribution is -0.155. The first-order valence-corrected chi connectivity index (χ1v) is 7.77. The third-order valence-electron chi connectivity index (χ3n) is 4.33. The van der Waals surface area contributed by atoms with Gasteiger partial charge in [0.15, 0.2) is 0 Å². The highest BCUT2D eigenvalue weighted by atomic mass is 16.4. The number of rotatable bonds is 6. The van der Waals surface area contributed by atoms with Crippen molar-refractivity contribution in [2.45, 2.75) is 78.3 Å². The highest BCUT2D eigenvalue weighted by Crippen LogP contribution is 2.34. The Morgan fingerprint density at radius 3 is 2.11 bits per heavy atom. The molecule has 0 aliphatic carbocycles. The van der Waals surface area contributed by atoms with Crippen molar-refractivity contribution < 1.29 is 9.90 Å². The zero-order chi connectivity index (χ0) is 14.6. The Kier molecular flexibility index (Phi) is 5.84. The molecule has 1 unspecified atom stereocenters. The lowest BCUT2D eigenvalue weighted by Crippen LogP contribution is -2.59. The number of carboxylic acid groups (broad SMARTS) is 1. The maximum atomic E-state index is 11.7. The molecule has 0 spiro atoms. The minimum atomic E-state index is -0.660. The van der Waals surface area contributed by atoms with E-state index in [1.807, 2.05) is 6.92 Å². The van der Waals surface area contributed by atoms with Gasteiger partial charge >= 0.3 is 5.97 Å². The molecule has 1 heterocycles. The van der Waals surface area contributed by atoms with Gasteiger partial charge in [0.25, 0.3) is 0 Å². The second-order valence-corrected chi connectivity index (χ2v) is 7.14. The predicted octanol–water partition coefficient (Wildman–Crippen LogP) is 3.78. The molecule has 0 radical (unpaired) electrons. The number of piperidine rings is 1. The van der Waals surface area contributed by atoms with Crippen molar-refractivity contribution in [1.82, 2.24) is 4.90 Å². The largest absolute Gasteiger partial charge is 0.480 e. The number of aliphatic carboxylic acids is 1. The van der Waals surface area contributed by atoms with Crippen molar-refractivity contribution in [1.29, 1.82) is 0 Å². The van der Waals surface area contributed by atoms with E-state index in [4.69, 9.17) is 0 Å². The fourth-order valence-corrected chi connectivity index (χ4v) is 3.40. The van der Waals surface area contributed by atoms with Gasteiger partial charge in [-0.2, -0.15) is 0 Å². The van der Waals surface area contributed by atoms with Crippen molar-refractivity contribution in [3.63, 3.8) is 0 Å². The van der Waals surface area contributed by atoms with Crippen LogP contribution in [0.3, 0.4) is 0 Å². The molecule has 1 atom stereocenters. The standard InChI is InChI=1S/C16H31NO2/c1-12(2)10-14(11-13(3)4)17-9-7-6-8-16(17,5)15(18)19/h12-14H,6-11H2,1-5H3,(H,18,19). The van der Waals surface area contributed by atoms with E-state index >= 15 is 0 Å². The molecule has 1 N–H and O–H groups in total.